The number of aliphatic hydroxyl groups excluding tert-OH is 1. The predicted molar refractivity (Wildman–Crippen MR) is 48.4 cm³/mol. The Kier molecular flexibility index (Phi) is 5.44. The molecule has 5 heteroatoms. The largest absolute Gasteiger partial charge is 0.395 e. The van der Waals surface area contributed by atoms with Crippen LogP contribution in [0.4, 0.5) is 0 Å². The summed E-state index contributed by atoms with van der Waals surface area (Å²) >= 11 is 0. The van der Waals surface area contributed by atoms with Crippen LogP contribution < -0.4 is 0 Å². The highest BCUT2D eigenvalue weighted by molar-refractivity contribution is 7.89. The Morgan fingerprint density at radius 1 is 1.42 bits per heavy atom. The summed E-state index contributed by atoms with van der Waals surface area (Å²) < 4.78 is 23.7. The van der Waals surface area contributed by atoms with Crippen LogP contribution >= 0.6 is 0 Å². The zero-order chi connectivity index (χ0) is 9.61. The SMILES string of the molecule is CCCCN(C)S(=O)(=O)CCO. The average molecular weight is 195 g/mol. The summed E-state index contributed by atoms with van der Waals surface area (Å²) in [6.45, 7) is 2.24. The van der Waals surface area contributed by atoms with Gasteiger partial charge in [0.2, 0.25) is 10.0 Å². The van der Waals surface area contributed by atoms with Gasteiger partial charge in [0.1, 0.15) is 0 Å². The Hall–Kier alpha value is -0.130. The maximum Gasteiger partial charge on any atom is 0.216 e. The second kappa shape index (κ2) is 5.50. The zero-order valence-electron chi connectivity index (χ0n) is 7.65. The molecular formula is C7H17NO3S. The van der Waals surface area contributed by atoms with E-state index in [2.05, 4.69) is 0 Å². The van der Waals surface area contributed by atoms with E-state index in [1.54, 1.807) is 7.05 Å². The summed E-state index contributed by atoms with van der Waals surface area (Å²) in [5, 5.41) is 8.47. The minimum Gasteiger partial charge on any atom is -0.395 e. The first kappa shape index (κ1) is 11.9. The molecule has 0 amide bonds. The van der Waals surface area contributed by atoms with Crippen molar-refractivity contribution in [3.63, 3.8) is 0 Å². The lowest BCUT2D eigenvalue weighted by atomic mass is 10.3. The molecule has 0 heterocycles. The monoisotopic (exact) mass is 195 g/mol. The Balaban J connectivity index is 3.98. The molecule has 74 valence electrons. The highest BCUT2D eigenvalue weighted by atomic mass is 32.2. The van der Waals surface area contributed by atoms with Gasteiger partial charge in [0.05, 0.1) is 12.4 Å². The third-order valence-electron chi connectivity index (χ3n) is 1.65. The number of unbranched alkanes of at least 4 members (excludes halogenated alkanes) is 1. The van der Waals surface area contributed by atoms with Gasteiger partial charge >= 0.3 is 0 Å². The summed E-state index contributed by atoms with van der Waals surface area (Å²) in [4.78, 5) is 0. The molecule has 0 aliphatic rings. The van der Waals surface area contributed by atoms with Crippen molar-refractivity contribution in [1.29, 1.82) is 0 Å². The molecule has 0 unspecified atom stereocenters. The Morgan fingerprint density at radius 2 is 2.00 bits per heavy atom. The molecule has 0 aromatic heterocycles. The molecule has 0 aliphatic carbocycles. The number of sulfonamides is 1. The van der Waals surface area contributed by atoms with E-state index in [0.29, 0.717) is 6.54 Å². The van der Waals surface area contributed by atoms with E-state index < -0.39 is 10.0 Å². The molecule has 0 bridgehead atoms. The van der Waals surface area contributed by atoms with Crippen LogP contribution in [-0.2, 0) is 10.0 Å². The second-order valence-corrected chi connectivity index (χ2v) is 4.91. The lowest BCUT2D eigenvalue weighted by molar-refractivity contribution is 0.316. The number of hydrogen-bond acceptors (Lipinski definition) is 3. The van der Waals surface area contributed by atoms with E-state index in [4.69, 9.17) is 5.11 Å². The van der Waals surface area contributed by atoms with E-state index in [-0.39, 0.29) is 12.4 Å². The summed E-state index contributed by atoms with van der Waals surface area (Å²) in [7, 11) is -1.66. The molecule has 4 nitrogen and oxygen atoms in total. The highest BCUT2D eigenvalue weighted by Gasteiger charge is 2.15. The van der Waals surface area contributed by atoms with Gasteiger partial charge < -0.3 is 5.11 Å². The van der Waals surface area contributed by atoms with Crippen molar-refractivity contribution >= 4 is 10.0 Å². The van der Waals surface area contributed by atoms with E-state index in [9.17, 15) is 8.42 Å². The van der Waals surface area contributed by atoms with Crippen LogP contribution in [-0.4, -0.2) is 43.8 Å². The molecular weight excluding hydrogens is 178 g/mol. The van der Waals surface area contributed by atoms with Gasteiger partial charge in [-0.3, -0.25) is 0 Å². The summed E-state index contributed by atoms with van der Waals surface area (Å²) in [5.41, 5.74) is 0. The molecule has 1 N–H and O–H groups in total. The van der Waals surface area contributed by atoms with Gasteiger partial charge in [0.25, 0.3) is 0 Å². The maximum atomic E-state index is 11.2. The van der Waals surface area contributed by atoms with Gasteiger partial charge in [-0.15, -0.1) is 0 Å². The third kappa shape index (κ3) is 4.04. The van der Waals surface area contributed by atoms with Crippen LogP contribution in [0.1, 0.15) is 19.8 Å². The van der Waals surface area contributed by atoms with Crippen molar-refractivity contribution < 1.29 is 13.5 Å². The second-order valence-electron chi connectivity index (χ2n) is 2.71. The van der Waals surface area contributed by atoms with Crippen molar-refractivity contribution in [3.8, 4) is 0 Å². The molecule has 0 atom stereocenters. The third-order valence-corrected chi connectivity index (χ3v) is 3.48. The highest BCUT2D eigenvalue weighted by Crippen LogP contribution is 2.00. The molecule has 0 aliphatic heterocycles. The first-order chi connectivity index (χ1) is 5.54. The molecule has 0 rings (SSSR count). The summed E-state index contributed by atoms with van der Waals surface area (Å²) in [6, 6.07) is 0. The Bertz CT molecular complexity index is 201. The summed E-state index contributed by atoms with van der Waals surface area (Å²) in [6.07, 6.45) is 1.83. The zero-order valence-corrected chi connectivity index (χ0v) is 8.47. The number of rotatable bonds is 6. The molecule has 0 radical (unpaired) electrons. The Labute approximate surface area is 74.2 Å². The van der Waals surface area contributed by atoms with Gasteiger partial charge in [-0.1, -0.05) is 13.3 Å². The van der Waals surface area contributed by atoms with Gasteiger partial charge in [0.15, 0.2) is 0 Å². The first-order valence-electron chi connectivity index (χ1n) is 4.09. The lowest BCUT2D eigenvalue weighted by Crippen LogP contribution is -2.31. The Morgan fingerprint density at radius 3 is 2.42 bits per heavy atom. The standard InChI is InChI=1S/C7H17NO3S/c1-3-4-5-8(2)12(10,11)7-6-9/h9H,3-7H2,1-2H3. The van der Waals surface area contributed by atoms with Crippen molar-refractivity contribution in [2.75, 3.05) is 26.0 Å². The molecule has 12 heavy (non-hydrogen) atoms. The van der Waals surface area contributed by atoms with Crippen molar-refractivity contribution in [3.05, 3.63) is 0 Å². The van der Waals surface area contributed by atoms with Crippen LogP contribution in [0.15, 0.2) is 0 Å². The van der Waals surface area contributed by atoms with E-state index in [1.807, 2.05) is 6.92 Å². The molecule has 0 spiro atoms. The fraction of sp³-hybridized carbons (Fsp3) is 1.00. The summed E-state index contributed by atoms with van der Waals surface area (Å²) in [5.74, 6) is -0.173. The van der Waals surface area contributed by atoms with Crippen molar-refractivity contribution in [1.82, 2.24) is 4.31 Å². The fourth-order valence-corrected chi connectivity index (χ4v) is 1.74. The van der Waals surface area contributed by atoms with Gasteiger partial charge in [-0.2, -0.15) is 0 Å². The van der Waals surface area contributed by atoms with Crippen LogP contribution in [0, 0.1) is 0 Å². The lowest BCUT2D eigenvalue weighted by Gasteiger charge is -2.15. The van der Waals surface area contributed by atoms with Crippen LogP contribution in [0.3, 0.4) is 0 Å². The molecule has 0 fully saturated rings. The minimum atomic E-state index is -3.20. The smallest absolute Gasteiger partial charge is 0.216 e. The van der Waals surface area contributed by atoms with Crippen LogP contribution in [0.25, 0.3) is 0 Å². The molecule has 0 aromatic carbocycles. The fourth-order valence-electron chi connectivity index (χ4n) is 0.791. The maximum absolute atomic E-state index is 11.2. The van der Waals surface area contributed by atoms with Crippen LogP contribution in [0.5, 0.6) is 0 Å². The van der Waals surface area contributed by atoms with E-state index in [0.717, 1.165) is 12.8 Å². The van der Waals surface area contributed by atoms with Crippen molar-refractivity contribution in [2.24, 2.45) is 0 Å². The number of nitrogens with zero attached hydrogens (tertiary/aromatic N) is 1. The predicted octanol–water partition coefficient (Wildman–Crippen LogP) is 0.0404. The number of aliphatic hydroxyl groups is 1. The van der Waals surface area contributed by atoms with Crippen molar-refractivity contribution in [2.45, 2.75) is 19.8 Å². The topological polar surface area (TPSA) is 57.6 Å². The first-order valence-corrected chi connectivity index (χ1v) is 5.70. The normalized spacial score (nSPS) is 12.3. The molecule has 0 aromatic rings. The van der Waals surface area contributed by atoms with Gasteiger partial charge in [0, 0.05) is 13.6 Å². The van der Waals surface area contributed by atoms with Gasteiger partial charge in [-0.25, -0.2) is 12.7 Å². The average Bonchev–Trinajstić information content (AvgIpc) is 2.00. The molecule has 0 saturated carbocycles. The van der Waals surface area contributed by atoms with Gasteiger partial charge in [-0.05, 0) is 6.42 Å². The van der Waals surface area contributed by atoms with E-state index in [1.165, 1.54) is 4.31 Å². The minimum absolute atomic E-state index is 0.173. The van der Waals surface area contributed by atoms with E-state index >= 15 is 0 Å². The number of hydrogen-bond donors (Lipinski definition) is 1. The molecule has 0 saturated heterocycles. The quantitative estimate of drug-likeness (QED) is 0.651. The van der Waals surface area contributed by atoms with Crippen LogP contribution in [0.2, 0.25) is 0 Å².